The van der Waals surface area contributed by atoms with Gasteiger partial charge < -0.3 is 20.9 Å². The van der Waals surface area contributed by atoms with Gasteiger partial charge in [-0.05, 0) is 63.3 Å². The third-order valence-corrected chi connectivity index (χ3v) is 5.29. The Hall–Kier alpha value is -1.79. The molecule has 1 aromatic carbocycles. The van der Waals surface area contributed by atoms with Crippen molar-refractivity contribution >= 4 is 29.2 Å². The average Bonchev–Trinajstić information content (AvgIpc) is 2.63. The summed E-state index contributed by atoms with van der Waals surface area (Å²) in [5, 5.41) is 9.31. The van der Waals surface area contributed by atoms with Crippen LogP contribution in [0.15, 0.2) is 24.3 Å². The summed E-state index contributed by atoms with van der Waals surface area (Å²) in [6.45, 7) is 10.5. The first-order chi connectivity index (χ1) is 13.2. The maximum Gasteiger partial charge on any atom is 0.319 e. The number of benzene rings is 1. The summed E-state index contributed by atoms with van der Waals surface area (Å²) in [4.78, 5) is 27.6. The van der Waals surface area contributed by atoms with Crippen molar-refractivity contribution in [1.82, 2.24) is 15.5 Å². The van der Waals surface area contributed by atoms with E-state index in [-0.39, 0.29) is 17.9 Å². The second-order valence-electron chi connectivity index (χ2n) is 8.20. The molecule has 156 valence electrons. The third-order valence-electron chi connectivity index (χ3n) is 5.04. The van der Waals surface area contributed by atoms with Gasteiger partial charge in [-0.1, -0.05) is 25.4 Å². The molecule has 7 heteroatoms. The highest BCUT2D eigenvalue weighted by Crippen LogP contribution is 2.15. The molecule has 3 amide bonds. The highest BCUT2D eigenvalue weighted by atomic mass is 35.5. The van der Waals surface area contributed by atoms with Crippen LogP contribution in [-0.4, -0.2) is 48.1 Å². The first-order valence-electron chi connectivity index (χ1n) is 10.1. The highest BCUT2D eigenvalue weighted by molar-refractivity contribution is 6.30. The molecule has 1 aliphatic heterocycles. The number of nitrogens with zero attached hydrogens (tertiary/aromatic N) is 1. The van der Waals surface area contributed by atoms with Gasteiger partial charge in [0.2, 0.25) is 5.91 Å². The summed E-state index contributed by atoms with van der Waals surface area (Å²) < 4.78 is 0. The zero-order chi connectivity index (χ0) is 20.7. The Morgan fingerprint density at radius 1 is 1.11 bits per heavy atom. The number of likely N-dealkylation sites (tertiary alicyclic amines) is 1. The lowest BCUT2D eigenvalue weighted by molar-refractivity contribution is -0.124. The minimum Gasteiger partial charge on any atom is -0.351 e. The second-order valence-corrected chi connectivity index (χ2v) is 8.64. The fourth-order valence-electron chi connectivity index (χ4n) is 3.42. The average molecular weight is 409 g/mol. The summed E-state index contributed by atoms with van der Waals surface area (Å²) in [5.41, 5.74) is 0.631. The molecule has 1 saturated heterocycles. The largest absolute Gasteiger partial charge is 0.351 e. The van der Waals surface area contributed by atoms with Crippen LogP contribution in [0.5, 0.6) is 0 Å². The van der Waals surface area contributed by atoms with Crippen LogP contribution in [0.2, 0.25) is 5.02 Å². The molecule has 0 saturated carbocycles. The zero-order valence-electron chi connectivity index (χ0n) is 17.3. The number of rotatable bonds is 7. The van der Waals surface area contributed by atoms with Gasteiger partial charge in [0.1, 0.15) is 6.04 Å². The maximum absolute atomic E-state index is 12.8. The van der Waals surface area contributed by atoms with Gasteiger partial charge in [0.15, 0.2) is 0 Å². The van der Waals surface area contributed by atoms with Crippen molar-refractivity contribution in [1.29, 1.82) is 0 Å². The van der Waals surface area contributed by atoms with E-state index >= 15 is 0 Å². The van der Waals surface area contributed by atoms with Crippen LogP contribution >= 0.6 is 11.6 Å². The van der Waals surface area contributed by atoms with Gasteiger partial charge in [-0.15, -0.1) is 0 Å². The van der Waals surface area contributed by atoms with Crippen LogP contribution in [0.4, 0.5) is 10.5 Å². The number of anilines is 1. The molecule has 0 spiro atoms. The van der Waals surface area contributed by atoms with Crippen LogP contribution in [0.1, 0.15) is 47.0 Å². The molecule has 1 aliphatic rings. The van der Waals surface area contributed by atoms with Gasteiger partial charge in [-0.25, -0.2) is 4.79 Å². The quantitative estimate of drug-likeness (QED) is 0.641. The van der Waals surface area contributed by atoms with E-state index in [9.17, 15) is 9.59 Å². The van der Waals surface area contributed by atoms with Gasteiger partial charge in [-0.2, -0.15) is 0 Å². The summed E-state index contributed by atoms with van der Waals surface area (Å²) in [6, 6.07) is 6.61. The van der Waals surface area contributed by atoms with Crippen LogP contribution in [0, 0.1) is 5.92 Å². The summed E-state index contributed by atoms with van der Waals surface area (Å²) >= 11 is 5.87. The number of carbonyl (C=O) groups excluding carboxylic acids is 2. The summed E-state index contributed by atoms with van der Waals surface area (Å²) in [5.74, 6) is 0.178. The number of hydrogen-bond donors (Lipinski definition) is 3. The standard InChI is InChI=1S/C21H33ClN4O2/c1-14(2)13-19(25-21(28)24-17-7-5-16(22)6-8-17)20(27)23-18-9-11-26(12-10-18)15(3)4/h5-8,14-15,18-19H,9-13H2,1-4H3,(H,23,27)(H2,24,25,28)/t19-/m1/s1. The van der Waals surface area contributed by atoms with Crippen molar-refractivity contribution in [2.45, 2.75) is 65.1 Å². The number of hydrogen-bond acceptors (Lipinski definition) is 3. The smallest absolute Gasteiger partial charge is 0.319 e. The third kappa shape index (κ3) is 7.32. The molecular weight excluding hydrogens is 376 g/mol. The normalized spacial score (nSPS) is 16.8. The SMILES string of the molecule is CC(C)C[C@@H](NC(=O)Nc1ccc(Cl)cc1)C(=O)NC1CCN(C(C)C)CC1. The molecule has 1 atom stereocenters. The molecule has 1 fully saturated rings. The lowest BCUT2D eigenvalue weighted by Crippen LogP contribution is -2.53. The lowest BCUT2D eigenvalue weighted by atomic mass is 10.0. The number of carbonyl (C=O) groups is 2. The monoisotopic (exact) mass is 408 g/mol. The predicted octanol–water partition coefficient (Wildman–Crippen LogP) is 3.87. The van der Waals surface area contributed by atoms with Crippen LogP contribution in [0.25, 0.3) is 0 Å². The Kier molecular flexibility index (Phi) is 8.58. The predicted molar refractivity (Wildman–Crippen MR) is 115 cm³/mol. The minimum atomic E-state index is -0.560. The molecule has 1 aromatic rings. The second kappa shape index (κ2) is 10.7. The number of amides is 3. The van der Waals surface area contributed by atoms with Gasteiger partial charge in [0.05, 0.1) is 0 Å². The topological polar surface area (TPSA) is 73.5 Å². The fraction of sp³-hybridized carbons (Fsp3) is 0.619. The van der Waals surface area contributed by atoms with E-state index in [0.717, 1.165) is 25.9 Å². The van der Waals surface area contributed by atoms with Gasteiger partial charge in [-0.3, -0.25) is 4.79 Å². The summed E-state index contributed by atoms with van der Waals surface area (Å²) in [7, 11) is 0. The molecule has 0 aromatic heterocycles. The zero-order valence-corrected chi connectivity index (χ0v) is 18.1. The number of nitrogens with one attached hydrogen (secondary N) is 3. The van der Waals surface area contributed by atoms with Gasteiger partial charge in [0, 0.05) is 35.9 Å². The summed E-state index contributed by atoms with van der Waals surface area (Å²) in [6.07, 6.45) is 2.47. The van der Waals surface area contributed by atoms with Crippen molar-refractivity contribution < 1.29 is 9.59 Å². The first kappa shape index (κ1) is 22.5. The van der Waals surface area contributed by atoms with E-state index in [1.165, 1.54) is 0 Å². The van der Waals surface area contributed by atoms with Gasteiger partial charge >= 0.3 is 6.03 Å². The van der Waals surface area contributed by atoms with Crippen molar-refractivity contribution in [2.24, 2.45) is 5.92 Å². The molecule has 6 nitrogen and oxygen atoms in total. The van der Waals surface area contributed by atoms with E-state index in [2.05, 4.69) is 34.7 Å². The van der Waals surface area contributed by atoms with E-state index in [0.29, 0.717) is 23.2 Å². The number of halogens is 1. The number of urea groups is 1. The molecule has 0 aliphatic carbocycles. The molecule has 28 heavy (non-hydrogen) atoms. The highest BCUT2D eigenvalue weighted by Gasteiger charge is 2.27. The minimum absolute atomic E-state index is 0.108. The number of piperidine rings is 1. The maximum atomic E-state index is 12.8. The van der Waals surface area contributed by atoms with Crippen LogP contribution < -0.4 is 16.0 Å². The molecular formula is C21H33ClN4O2. The molecule has 0 bridgehead atoms. The Morgan fingerprint density at radius 3 is 2.25 bits per heavy atom. The van der Waals surface area contributed by atoms with Crippen LogP contribution in [-0.2, 0) is 4.79 Å². The Morgan fingerprint density at radius 2 is 1.71 bits per heavy atom. The molecule has 2 rings (SSSR count). The molecule has 0 unspecified atom stereocenters. The molecule has 1 heterocycles. The molecule has 0 radical (unpaired) electrons. The lowest BCUT2D eigenvalue weighted by Gasteiger charge is -2.35. The van der Waals surface area contributed by atoms with Gasteiger partial charge in [0.25, 0.3) is 0 Å². The Balaban J connectivity index is 1.89. The van der Waals surface area contributed by atoms with E-state index in [1.54, 1.807) is 24.3 Å². The van der Waals surface area contributed by atoms with Crippen molar-refractivity contribution in [3.63, 3.8) is 0 Å². The van der Waals surface area contributed by atoms with Crippen molar-refractivity contribution in [3.8, 4) is 0 Å². The van der Waals surface area contributed by atoms with Crippen molar-refractivity contribution in [2.75, 3.05) is 18.4 Å². The van der Waals surface area contributed by atoms with Crippen LogP contribution in [0.3, 0.4) is 0 Å². The Bertz CT molecular complexity index is 640. The Labute approximate surface area is 173 Å². The van der Waals surface area contributed by atoms with E-state index in [1.807, 2.05) is 13.8 Å². The van der Waals surface area contributed by atoms with E-state index in [4.69, 9.17) is 11.6 Å². The molecule has 3 N–H and O–H groups in total. The first-order valence-corrected chi connectivity index (χ1v) is 10.5. The fourth-order valence-corrected chi connectivity index (χ4v) is 3.55. The van der Waals surface area contributed by atoms with E-state index < -0.39 is 12.1 Å². The van der Waals surface area contributed by atoms with Crippen molar-refractivity contribution in [3.05, 3.63) is 29.3 Å².